The molecule has 1 aliphatic heterocycles. The van der Waals surface area contributed by atoms with Crippen molar-refractivity contribution in [1.82, 2.24) is 10.2 Å². The van der Waals surface area contributed by atoms with Crippen LogP contribution >= 0.6 is 0 Å². The van der Waals surface area contributed by atoms with Crippen LogP contribution in [-0.2, 0) is 4.79 Å². The second-order valence-electron chi connectivity index (χ2n) is 7.67. The minimum atomic E-state index is 0.00164. The van der Waals surface area contributed by atoms with Crippen molar-refractivity contribution < 1.29 is 4.79 Å². The van der Waals surface area contributed by atoms with Gasteiger partial charge in [-0.2, -0.15) is 0 Å². The van der Waals surface area contributed by atoms with Crippen LogP contribution in [0.15, 0.2) is 0 Å². The van der Waals surface area contributed by atoms with Crippen LogP contribution in [0.1, 0.15) is 60.8 Å². The molecule has 1 N–H and O–H groups in total. The van der Waals surface area contributed by atoms with E-state index in [1.54, 1.807) is 0 Å². The average molecular weight is 266 g/mol. The lowest BCUT2D eigenvalue weighted by atomic mass is 9.93. The Labute approximate surface area is 118 Å². The third kappa shape index (κ3) is 2.81. The monoisotopic (exact) mass is 266 g/mol. The second kappa shape index (κ2) is 5.08. The molecule has 0 bridgehead atoms. The summed E-state index contributed by atoms with van der Waals surface area (Å²) in [5, 5.41) is 3.59. The van der Waals surface area contributed by atoms with Crippen LogP contribution in [0, 0.1) is 17.8 Å². The molecule has 1 heterocycles. The highest BCUT2D eigenvalue weighted by atomic mass is 16.2. The zero-order chi connectivity index (χ0) is 14.4. The number of amides is 1. The third-order valence-corrected chi connectivity index (χ3v) is 4.75. The normalized spacial score (nSPS) is 28.8. The van der Waals surface area contributed by atoms with E-state index in [2.05, 4.69) is 51.8 Å². The Balaban J connectivity index is 2.22. The maximum Gasteiger partial charge on any atom is 0.241 e. The van der Waals surface area contributed by atoms with Gasteiger partial charge >= 0.3 is 0 Å². The van der Waals surface area contributed by atoms with Crippen LogP contribution in [0.5, 0.6) is 0 Å². The third-order valence-electron chi connectivity index (χ3n) is 4.75. The van der Waals surface area contributed by atoms with Crippen LogP contribution in [0.25, 0.3) is 0 Å². The Morgan fingerprint density at radius 3 is 2.26 bits per heavy atom. The second-order valence-corrected chi connectivity index (χ2v) is 7.67. The molecular formula is C16H30N2O. The van der Waals surface area contributed by atoms with Crippen molar-refractivity contribution in [3.8, 4) is 0 Å². The van der Waals surface area contributed by atoms with Crippen LogP contribution in [0.3, 0.4) is 0 Å². The number of rotatable bonds is 5. The molecule has 1 amide bonds. The molecule has 2 atom stereocenters. The van der Waals surface area contributed by atoms with E-state index in [4.69, 9.17) is 0 Å². The molecule has 1 saturated carbocycles. The van der Waals surface area contributed by atoms with Gasteiger partial charge in [0.1, 0.15) is 0 Å². The van der Waals surface area contributed by atoms with Gasteiger partial charge in [0.05, 0.1) is 12.2 Å². The molecule has 110 valence electrons. The summed E-state index contributed by atoms with van der Waals surface area (Å²) in [6.45, 7) is 13.2. The molecule has 1 saturated heterocycles. The summed E-state index contributed by atoms with van der Waals surface area (Å²) < 4.78 is 0. The van der Waals surface area contributed by atoms with E-state index in [0.717, 1.165) is 6.42 Å². The average Bonchev–Trinajstić information content (AvgIpc) is 3.03. The van der Waals surface area contributed by atoms with E-state index >= 15 is 0 Å². The highest BCUT2D eigenvalue weighted by molar-refractivity contribution is 5.85. The van der Waals surface area contributed by atoms with Crippen LogP contribution in [0.4, 0.5) is 0 Å². The van der Waals surface area contributed by atoms with Crippen molar-refractivity contribution in [2.45, 2.75) is 78.6 Å². The molecule has 0 aromatic rings. The summed E-state index contributed by atoms with van der Waals surface area (Å²) in [4.78, 5) is 15.0. The van der Waals surface area contributed by atoms with Gasteiger partial charge in [-0.05, 0) is 50.9 Å². The molecule has 0 aromatic carbocycles. The summed E-state index contributed by atoms with van der Waals surface area (Å²) >= 11 is 0. The van der Waals surface area contributed by atoms with Crippen molar-refractivity contribution in [3.05, 3.63) is 0 Å². The van der Waals surface area contributed by atoms with Gasteiger partial charge in [0, 0.05) is 5.54 Å². The number of carbonyl (C=O) groups excluding carboxylic acids is 1. The Bertz CT molecular complexity index is 345. The molecule has 3 nitrogen and oxygen atoms in total. The molecule has 0 aromatic heterocycles. The molecule has 0 radical (unpaired) electrons. The number of nitrogens with zero attached hydrogens (tertiary/aromatic N) is 1. The fourth-order valence-corrected chi connectivity index (χ4v) is 3.43. The predicted octanol–water partition coefficient (Wildman–Crippen LogP) is 3.00. The minimum Gasteiger partial charge on any atom is -0.320 e. The van der Waals surface area contributed by atoms with Crippen LogP contribution in [0.2, 0.25) is 0 Å². The van der Waals surface area contributed by atoms with E-state index in [9.17, 15) is 4.79 Å². The molecule has 3 heteroatoms. The summed E-state index contributed by atoms with van der Waals surface area (Å²) in [5.74, 6) is 1.98. The first-order chi connectivity index (χ1) is 8.75. The summed E-state index contributed by atoms with van der Waals surface area (Å²) in [7, 11) is 0. The first-order valence-corrected chi connectivity index (χ1v) is 7.84. The molecule has 2 rings (SSSR count). The smallest absolute Gasteiger partial charge is 0.241 e. The van der Waals surface area contributed by atoms with Gasteiger partial charge in [-0.1, -0.05) is 27.7 Å². The lowest BCUT2D eigenvalue weighted by Crippen LogP contribution is -2.52. The predicted molar refractivity (Wildman–Crippen MR) is 78.7 cm³/mol. The van der Waals surface area contributed by atoms with E-state index in [0.29, 0.717) is 23.7 Å². The molecule has 0 spiro atoms. The summed E-state index contributed by atoms with van der Waals surface area (Å²) in [5.41, 5.74) is 0.00722. The first kappa shape index (κ1) is 14.8. The Kier molecular flexibility index (Phi) is 3.97. The molecule has 2 fully saturated rings. The van der Waals surface area contributed by atoms with E-state index in [-0.39, 0.29) is 17.7 Å². The SMILES string of the molecule is CC(C)CC1NC(C(C)C)C(=O)N1C(C)(C)C1CC1. The number of carbonyl (C=O) groups is 1. The van der Waals surface area contributed by atoms with Gasteiger partial charge in [-0.3, -0.25) is 10.1 Å². The zero-order valence-electron chi connectivity index (χ0n) is 13.4. The lowest BCUT2D eigenvalue weighted by Gasteiger charge is -2.40. The quantitative estimate of drug-likeness (QED) is 0.829. The molecule has 19 heavy (non-hydrogen) atoms. The van der Waals surface area contributed by atoms with E-state index in [1.807, 2.05) is 0 Å². The van der Waals surface area contributed by atoms with Gasteiger partial charge in [0.2, 0.25) is 5.91 Å². The highest BCUT2D eigenvalue weighted by Gasteiger charge is 2.52. The zero-order valence-corrected chi connectivity index (χ0v) is 13.4. The van der Waals surface area contributed by atoms with E-state index < -0.39 is 0 Å². The van der Waals surface area contributed by atoms with Crippen LogP contribution < -0.4 is 5.32 Å². The summed E-state index contributed by atoms with van der Waals surface area (Å²) in [6, 6.07) is 0.00164. The molecule has 1 aliphatic carbocycles. The lowest BCUT2D eigenvalue weighted by molar-refractivity contribution is -0.137. The van der Waals surface area contributed by atoms with Gasteiger partial charge in [0.25, 0.3) is 0 Å². The molecular weight excluding hydrogens is 236 g/mol. The summed E-state index contributed by atoms with van der Waals surface area (Å²) in [6.07, 6.45) is 3.82. The number of hydrogen-bond acceptors (Lipinski definition) is 2. The highest BCUT2D eigenvalue weighted by Crippen LogP contribution is 2.45. The van der Waals surface area contributed by atoms with Crippen molar-refractivity contribution >= 4 is 5.91 Å². The topological polar surface area (TPSA) is 32.3 Å². The molecule has 2 aliphatic rings. The largest absolute Gasteiger partial charge is 0.320 e. The van der Waals surface area contributed by atoms with Gasteiger partial charge in [-0.15, -0.1) is 0 Å². The number of hydrogen-bond donors (Lipinski definition) is 1. The van der Waals surface area contributed by atoms with Crippen molar-refractivity contribution in [3.63, 3.8) is 0 Å². The van der Waals surface area contributed by atoms with Crippen molar-refractivity contribution in [2.75, 3.05) is 0 Å². The fourth-order valence-electron chi connectivity index (χ4n) is 3.43. The van der Waals surface area contributed by atoms with Gasteiger partial charge in [-0.25, -0.2) is 0 Å². The Hall–Kier alpha value is -0.570. The maximum absolute atomic E-state index is 12.8. The minimum absolute atomic E-state index is 0.00164. The standard InChI is InChI=1S/C16H30N2O/c1-10(2)9-13-17-14(11(3)4)15(19)18(13)16(5,6)12-7-8-12/h10-14,17H,7-9H2,1-6H3. The van der Waals surface area contributed by atoms with Crippen molar-refractivity contribution in [2.24, 2.45) is 17.8 Å². The fraction of sp³-hybridized carbons (Fsp3) is 0.938. The number of nitrogens with one attached hydrogen (secondary N) is 1. The molecule has 2 unspecified atom stereocenters. The Morgan fingerprint density at radius 2 is 1.84 bits per heavy atom. The Morgan fingerprint density at radius 1 is 1.26 bits per heavy atom. The van der Waals surface area contributed by atoms with E-state index in [1.165, 1.54) is 12.8 Å². The first-order valence-electron chi connectivity index (χ1n) is 7.84. The maximum atomic E-state index is 12.8. The van der Waals surface area contributed by atoms with Gasteiger partial charge < -0.3 is 4.90 Å². The van der Waals surface area contributed by atoms with Crippen LogP contribution in [-0.4, -0.2) is 28.6 Å². The van der Waals surface area contributed by atoms with Crippen molar-refractivity contribution in [1.29, 1.82) is 0 Å². The van der Waals surface area contributed by atoms with Gasteiger partial charge in [0.15, 0.2) is 0 Å².